The lowest BCUT2D eigenvalue weighted by atomic mass is 9.99. The first-order chi connectivity index (χ1) is 14.5. The molecule has 9 atom stereocenters. The smallest absolute Gasteiger partial charge is 0.187 e. The quantitative estimate of drug-likeness (QED) is 0.644. The fourth-order valence-electron chi connectivity index (χ4n) is 3.86. The van der Waals surface area contributed by atoms with Crippen LogP contribution in [0.1, 0.15) is 6.92 Å². The number of benzene rings is 1. The molecule has 1 aromatic rings. The molecule has 0 bridgehead atoms. The molecule has 9 heteroatoms. The van der Waals surface area contributed by atoms with E-state index in [1.807, 2.05) is 30.3 Å². The maximum atomic E-state index is 10.4. The first kappa shape index (κ1) is 23.9. The van der Waals surface area contributed by atoms with Gasteiger partial charge in [0.1, 0.15) is 42.1 Å². The average Bonchev–Trinajstić information content (AvgIpc) is 2.76. The van der Waals surface area contributed by atoms with E-state index < -0.39 is 42.9 Å². The van der Waals surface area contributed by atoms with E-state index in [4.69, 9.17) is 33.2 Å². The Hall–Kier alpha value is -0.750. The summed E-state index contributed by atoms with van der Waals surface area (Å²) in [6, 6.07) is 9.98. The topological polar surface area (TPSA) is 84.8 Å². The van der Waals surface area contributed by atoms with Gasteiger partial charge in [-0.2, -0.15) is 0 Å². The lowest BCUT2D eigenvalue weighted by Gasteiger charge is -2.46. The first-order valence-corrected chi connectivity index (χ1v) is 10.9. The SMILES string of the molecule is CO[C@@H]1[C@H](O[C@@H]2[C@@H](OC)[C@H](Sc3ccccc3)OC[C@H]2OC)O[C@@H](C)[C@@H](O)[C@H]1OC. The molecule has 1 aromatic carbocycles. The van der Waals surface area contributed by atoms with E-state index in [9.17, 15) is 5.11 Å². The van der Waals surface area contributed by atoms with Gasteiger partial charge in [-0.1, -0.05) is 30.0 Å². The van der Waals surface area contributed by atoms with E-state index in [1.54, 1.807) is 40.0 Å². The second-order valence-corrected chi connectivity index (χ2v) is 8.48. The van der Waals surface area contributed by atoms with Crippen LogP contribution in [0, 0.1) is 0 Å². The number of hydrogen-bond acceptors (Lipinski definition) is 9. The first-order valence-electron chi connectivity index (χ1n) is 9.97. The molecule has 0 aromatic heterocycles. The van der Waals surface area contributed by atoms with Gasteiger partial charge in [-0.05, 0) is 19.1 Å². The van der Waals surface area contributed by atoms with E-state index in [0.717, 1.165) is 4.90 Å². The number of hydrogen-bond donors (Lipinski definition) is 1. The fourth-order valence-corrected chi connectivity index (χ4v) is 4.99. The molecular weight excluding hydrogens is 412 g/mol. The zero-order chi connectivity index (χ0) is 21.7. The zero-order valence-electron chi connectivity index (χ0n) is 18.0. The molecule has 0 unspecified atom stereocenters. The van der Waals surface area contributed by atoms with Gasteiger partial charge in [0, 0.05) is 33.3 Å². The third-order valence-corrected chi connectivity index (χ3v) is 6.73. The molecule has 2 heterocycles. The highest BCUT2D eigenvalue weighted by molar-refractivity contribution is 7.99. The maximum Gasteiger partial charge on any atom is 0.187 e. The van der Waals surface area contributed by atoms with Crippen LogP contribution in [0.15, 0.2) is 35.2 Å². The van der Waals surface area contributed by atoms with Crippen LogP contribution in [0.25, 0.3) is 0 Å². The van der Waals surface area contributed by atoms with Crippen LogP contribution in [0.4, 0.5) is 0 Å². The van der Waals surface area contributed by atoms with E-state index in [2.05, 4.69) is 0 Å². The average molecular weight is 445 g/mol. The van der Waals surface area contributed by atoms with Gasteiger partial charge in [0.2, 0.25) is 0 Å². The Morgan fingerprint density at radius 3 is 2.17 bits per heavy atom. The van der Waals surface area contributed by atoms with Crippen molar-refractivity contribution >= 4 is 11.8 Å². The van der Waals surface area contributed by atoms with Crippen molar-refractivity contribution in [1.29, 1.82) is 0 Å². The summed E-state index contributed by atoms with van der Waals surface area (Å²) < 4.78 is 40.8. The Kier molecular flexibility index (Phi) is 8.94. The van der Waals surface area contributed by atoms with Crippen molar-refractivity contribution in [2.45, 2.75) is 66.3 Å². The maximum absolute atomic E-state index is 10.4. The number of aliphatic hydroxyl groups is 1. The lowest BCUT2D eigenvalue weighted by molar-refractivity contribution is -0.334. The second kappa shape index (κ2) is 11.2. The summed E-state index contributed by atoms with van der Waals surface area (Å²) >= 11 is 1.57. The molecule has 3 rings (SSSR count). The van der Waals surface area contributed by atoms with Crippen LogP contribution in [0.2, 0.25) is 0 Å². The standard InChI is InChI=1S/C21H32O8S/c1-12-15(22)17(24-3)18(25-4)20(28-12)29-16-14(23-2)11-27-21(19(16)26-5)30-13-9-7-6-8-10-13/h6-10,12,14-22H,11H2,1-5H3/t12-,14+,15+,16-,17+,18-,19+,20-,21-/m0/s1. The fraction of sp³-hybridized carbons (Fsp3) is 0.714. The van der Waals surface area contributed by atoms with Crippen LogP contribution < -0.4 is 0 Å². The molecule has 0 aliphatic carbocycles. The van der Waals surface area contributed by atoms with Gasteiger partial charge in [-0.3, -0.25) is 0 Å². The molecule has 30 heavy (non-hydrogen) atoms. The lowest BCUT2D eigenvalue weighted by Crippen LogP contribution is -2.62. The molecule has 2 aliphatic rings. The Labute approximate surface area is 182 Å². The van der Waals surface area contributed by atoms with Crippen molar-refractivity contribution in [2.75, 3.05) is 35.0 Å². The molecule has 2 fully saturated rings. The molecule has 1 N–H and O–H groups in total. The van der Waals surface area contributed by atoms with Crippen molar-refractivity contribution in [3.8, 4) is 0 Å². The molecule has 0 saturated carbocycles. The summed E-state index contributed by atoms with van der Waals surface area (Å²) in [5.41, 5.74) is -0.292. The van der Waals surface area contributed by atoms with E-state index >= 15 is 0 Å². The summed E-state index contributed by atoms with van der Waals surface area (Å²) in [4.78, 5) is 1.07. The highest BCUT2D eigenvalue weighted by Crippen LogP contribution is 2.36. The van der Waals surface area contributed by atoms with Gasteiger partial charge in [-0.25, -0.2) is 0 Å². The van der Waals surface area contributed by atoms with Crippen LogP contribution in [0.5, 0.6) is 0 Å². The number of aliphatic hydroxyl groups excluding tert-OH is 1. The number of thioether (sulfide) groups is 1. The predicted molar refractivity (Wildman–Crippen MR) is 110 cm³/mol. The summed E-state index contributed by atoms with van der Waals surface area (Å²) in [6.07, 6.45) is -4.52. The van der Waals surface area contributed by atoms with Gasteiger partial charge < -0.3 is 38.3 Å². The molecule has 0 spiro atoms. The summed E-state index contributed by atoms with van der Waals surface area (Å²) in [5, 5.41) is 10.4. The monoisotopic (exact) mass is 444 g/mol. The van der Waals surface area contributed by atoms with Gasteiger partial charge in [0.25, 0.3) is 0 Å². The summed E-state index contributed by atoms with van der Waals surface area (Å²) in [7, 11) is 6.31. The van der Waals surface area contributed by atoms with Gasteiger partial charge in [0.15, 0.2) is 6.29 Å². The summed E-state index contributed by atoms with van der Waals surface area (Å²) in [5.74, 6) is 0. The Balaban J connectivity index is 1.79. The van der Waals surface area contributed by atoms with Gasteiger partial charge >= 0.3 is 0 Å². The molecule has 2 aliphatic heterocycles. The number of rotatable bonds is 8. The van der Waals surface area contributed by atoms with E-state index in [-0.39, 0.29) is 11.5 Å². The van der Waals surface area contributed by atoms with Crippen molar-refractivity contribution < 1.29 is 38.3 Å². The normalized spacial score (nSPS) is 39.7. The van der Waals surface area contributed by atoms with Crippen LogP contribution >= 0.6 is 11.8 Å². The minimum absolute atomic E-state index is 0.292. The van der Waals surface area contributed by atoms with Crippen LogP contribution in [-0.4, -0.2) is 94.6 Å². The molecular formula is C21H32O8S. The van der Waals surface area contributed by atoms with Crippen LogP contribution in [-0.2, 0) is 33.2 Å². The Bertz CT molecular complexity index is 635. The second-order valence-electron chi connectivity index (χ2n) is 7.31. The highest BCUT2D eigenvalue weighted by atomic mass is 32.2. The van der Waals surface area contributed by atoms with Crippen molar-refractivity contribution in [2.24, 2.45) is 0 Å². The number of methoxy groups -OCH3 is 4. The molecule has 8 nitrogen and oxygen atoms in total. The molecule has 0 radical (unpaired) electrons. The molecule has 2 saturated heterocycles. The van der Waals surface area contributed by atoms with Crippen molar-refractivity contribution in [3.63, 3.8) is 0 Å². The minimum Gasteiger partial charge on any atom is -0.388 e. The Morgan fingerprint density at radius 2 is 1.57 bits per heavy atom. The Morgan fingerprint density at radius 1 is 0.900 bits per heavy atom. The van der Waals surface area contributed by atoms with Gasteiger partial charge in [0.05, 0.1) is 12.7 Å². The van der Waals surface area contributed by atoms with Crippen molar-refractivity contribution in [3.05, 3.63) is 30.3 Å². The largest absolute Gasteiger partial charge is 0.388 e. The van der Waals surface area contributed by atoms with Crippen molar-refractivity contribution in [1.82, 2.24) is 0 Å². The minimum atomic E-state index is -0.827. The van der Waals surface area contributed by atoms with Gasteiger partial charge in [-0.15, -0.1) is 0 Å². The summed E-state index contributed by atoms with van der Waals surface area (Å²) in [6.45, 7) is 2.13. The number of ether oxygens (including phenoxy) is 7. The highest BCUT2D eigenvalue weighted by Gasteiger charge is 2.49. The molecule has 0 amide bonds. The van der Waals surface area contributed by atoms with Crippen LogP contribution in [0.3, 0.4) is 0 Å². The third kappa shape index (κ3) is 5.17. The van der Waals surface area contributed by atoms with E-state index in [0.29, 0.717) is 6.61 Å². The van der Waals surface area contributed by atoms with E-state index in [1.165, 1.54) is 7.11 Å². The predicted octanol–water partition coefficient (Wildman–Crippen LogP) is 1.69. The zero-order valence-corrected chi connectivity index (χ0v) is 18.8. The molecule has 170 valence electrons. The third-order valence-electron chi connectivity index (χ3n) is 5.55.